The van der Waals surface area contributed by atoms with Crippen molar-refractivity contribution in [2.24, 2.45) is 57.7 Å². The lowest BCUT2D eigenvalue weighted by molar-refractivity contribution is -0.284. The fourth-order valence-corrected chi connectivity index (χ4v) is 14.5. The van der Waals surface area contributed by atoms with Gasteiger partial charge in [0.15, 0.2) is 5.79 Å². The number of benzene rings is 2. The van der Waals surface area contributed by atoms with Crippen LogP contribution in [-0.2, 0) is 9.47 Å². The molecule has 6 aliphatic rings. The fraction of sp³-hybridized carbons (Fsp3) is 0.745. The average Bonchev–Trinajstić information content (AvgIpc) is 3.74. The molecular formula is C47H68O2. The Bertz CT molecular complexity index is 1350. The summed E-state index contributed by atoms with van der Waals surface area (Å²) in [5.74, 6) is 6.18. The van der Waals surface area contributed by atoms with Gasteiger partial charge in [-0.15, -0.1) is 0 Å². The number of hydrogen-bond donors (Lipinski definition) is 0. The molecule has 0 radical (unpaired) electrons. The first-order valence-corrected chi connectivity index (χ1v) is 21.1. The minimum atomic E-state index is -0.462. The largest absolute Gasteiger partial charge is 0.349 e. The monoisotopic (exact) mass is 665 g/mol. The lowest BCUT2D eigenvalue weighted by Crippen LogP contribution is -2.55. The third-order valence-corrected chi connectivity index (χ3v) is 16.8. The van der Waals surface area contributed by atoms with E-state index in [-0.39, 0.29) is 5.41 Å². The molecule has 2 nitrogen and oxygen atoms in total. The van der Waals surface area contributed by atoms with Crippen LogP contribution >= 0.6 is 0 Å². The number of ether oxygens (including phenoxy) is 2. The average molecular weight is 665 g/mol. The molecule has 5 aliphatic carbocycles. The summed E-state index contributed by atoms with van der Waals surface area (Å²) in [6.45, 7) is 13.7. The van der Waals surface area contributed by atoms with E-state index in [9.17, 15) is 0 Å². The number of hydrogen-bond acceptors (Lipinski definition) is 2. The number of fused-ring (bicyclic) bond motifs is 6. The fourth-order valence-electron chi connectivity index (χ4n) is 14.5. The molecule has 268 valence electrons. The Balaban J connectivity index is 0.983. The van der Waals surface area contributed by atoms with Crippen LogP contribution in [0, 0.1) is 57.7 Å². The van der Waals surface area contributed by atoms with Gasteiger partial charge >= 0.3 is 0 Å². The van der Waals surface area contributed by atoms with Crippen LogP contribution in [0.3, 0.4) is 0 Å². The highest BCUT2D eigenvalue weighted by molar-refractivity contribution is 5.37. The van der Waals surface area contributed by atoms with Crippen molar-refractivity contribution in [2.75, 3.05) is 6.61 Å². The molecule has 1 heterocycles. The minimum Gasteiger partial charge on any atom is -0.349 e. The van der Waals surface area contributed by atoms with E-state index < -0.39 is 5.79 Å². The van der Waals surface area contributed by atoms with Crippen LogP contribution in [0.1, 0.15) is 154 Å². The molecule has 0 spiro atoms. The summed E-state index contributed by atoms with van der Waals surface area (Å²) in [6.07, 6.45) is 21.8. The van der Waals surface area contributed by atoms with Gasteiger partial charge in [-0.05, 0) is 140 Å². The van der Waals surface area contributed by atoms with Crippen LogP contribution in [-0.4, -0.2) is 18.5 Å². The van der Waals surface area contributed by atoms with E-state index in [1.165, 1.54) is 101 Å². The van der Waals surface area contributed by atoms with E-state index in [1.807, 2.05) is 0 Å². The predicted molar refractivity (Wildman–Crippen MR) is 202 cm³/mol. The molecule has 2 aromatic rings. The molecule has 49 heavy (non-hydrogen) atoms. The van der Waals surface area contributed by atoms with Gasteiger partial charge in [0.1, 0.15) is 0 Å². The first kappa shape index (κ1) is 34.4. The van der Waals surface area contributed by atoms with Gasteiger partial charge in [-0.3, -0.25) is 0 Å². The van der Waals surface area contributed by atoms with Crippen LogP contribution < -0.4 is 0 Å². The van der Waals surface area contributed by atoms with Crippen molar-refractivity contribution in [1.82, 2.24) is 0 Å². The molecule has 0 amide bonds. The Hall–Kier alpha value is -1.64. The Labute approximate surface area is 299 Å². The van der Waals surface area contributed by atoms with Crippen molar-refractivity contribution >= 4 is 0 Å². The van der Waals surface area contributed by atoms with Crippen molar-refractivity contribution in [1.29, 1.82) is 0 Å². The molecule has 2 aromatic carbocycles. The van der Waals surface area contributed by atoms with Crippen molar-refractivity contribution in [3.8, 4) is 0 Å². The van der Waals surface area contributed by atoms with Gasteiger partial charge in [0, 0.05) is 17.8 Å². The smallest absolute Gasteiger partial charge is 0.175 e. The molecule has 2 heteroatoms. The van der Waals surface area contributed by atoms with Gasteiger partial charge < -0.3 is 9.47 Å². The summed E-state index contributed by atoms with van der Waals surface area (Å²) in [7, 11) is 0. The van der Waals surface area contributed by atoms with Crippen LogP contribution in [0.15, 0.2) is 60.7 Å². The Morgan fingerprint density at radius 3 is 2.12 bits per heavy atom. The standard InChI is InChI=1S/C47H68O2/c1-33(2)14-12-15-34(3)40-22-23-41-39-21-20-37-32-38(24-28-44(37,4)42(39)25-29-45(40,41)5)49-47-27-13-26-46(47,30-31-48-47)43(35-16-8-6-9-17-35)36-18-10-7-11-19-36/h6-11,16-19,33-34,37-43H,12-15,20-32H2,1-5H3/t34-,37+,38+,39+,40-,41+,42+,44+,45-,46-,47+/m1/s1. The summed E-state index contributed by atoms with van der Waals surface area (Å²) in [5.41, 5.74) is 3.91. The number of rotatable bonds is 10. The highest BCUT2D eigenvalue weighted by Gasteiger charge is 2.66. The van der Waals surface area contributed by atoms with E-state index in [4.69, 9.17) is 9.47 Å². The van der Waals surface area contributed by atoms with Crippen molar-refractivity contribution < 1.29 is 9.47 Å². The first-order chi connectivity index (χ1) is 23.7. The maximum Gasteiger partial charge on any atom is 0.175 e. The second-order valence-corrected chi connectivity index (χ2v) is 19.3. The molecule has 8 rings (SSSR count). The predicted octanol–water partition coefficient (Wildman–Crippen LogP) is 12.6. The lowest BCUT2D eigenvalue weighted by Gasteiger charge is -2.61. The van der Waals surface area contributed by atoms with Gasteiger partial charge in [0.2, 0.25) is 0 Å². The van der Waals surface area contributed by atoms with Gasteiger partial charge in [0.25, 0.3) is 0 Å². The summed E-state index contributed by atoms with van der Waals surface area (Å²) in [4.78, 5) is 0. The van der Waals surface area contributed by atoms with Crippen molar-refractivity contribution in [3.05, 3.63) is 71.8 Å². The lowest BCUT2D eigenvalue weighted by atomic mass is 9.44. The van der Waals surface area contributed by atoms with Crippen LogP contribution in [0.2, 0.25) is 0 Å². The summed E-state index contributed by atoms with van der Waals surface area (Å²) >= 11 is 0. The van der Waals surface area contributed by atoms with E-state index in [0.717, 1.165) is 60.9 Å². The van der Waals surface area contributed by atoms with Gasteiger partial charge in [0.05, 0.1) is 12.7 Å². The summed E-state index contributed by atoms with van der Waals surface area (Å²) in [6, 6.07) is 22.6. The zero-order valence-corrected chi connectivity index (χ0v) is 31.8. The van der Waals surface area contributed by atoms with E-state index in [0.29, 0.717) is 22.9 Å². The molecule has 5 saturated carbocycles. The zero-order chi connectivity index (χ0) is 33.9. The molecule has 1 aliphatic heterocycles. The molecule has 0 N–H and O–H groups in total. The quantitative estimate of drug-likeness (QED) is 0.252. The second kappa shape index (κ2) is 13.4. The van der Waals surface area contributed by atoms with Gasteiger partial charge in [-0.2, -0.15) is 0 Å². The molecule has 6 fully saturated rings. The highest BCUT2D eigenvalue weighted by Crippen LogP contribution is 2.70. The highest BCUT2D eigenvalue weighted by atomic mass is 16.7. The van der Waals surface area contributed by atoms with E-state index in [2.05, 4.69) is 95.3 Å². The normalized spacial score (nSPS) is 42.1. The Kier molecular flexibility index (Phi) is 9.42. The SMILES string of the molecule is CC(C)CCC[C@@H](C)[C@H]1CC[C@H]2[C@@H]3CC[C@H]4C[C@@H](O[C@@]56CCC[C@]5(C(c5ccccc5)c5ccccc5)CCO6)CC[C@]4(C)[C@H]3CC[C@]12C. The molecule has 0 bridgehead atoms. The summed E-state index contributed by atoms with van der Waals surface area (Å²) in [5, 5.41) is 0. The third-order valence-electron chi connectivity index (χ3n) is 16.8. The van der Waals surface area contributed by atoms with Gasteiger partial charge in [-0.25, -0.2) is 0 Å². The van der Waals surface area contributed by atoms with E-state index >= 15 is 0 Å². The molecule has 1 saturated heterocycles. The molecular weight excluding hydrogens is 597 g/mol. The van der Waals surface area contributed by atoms with Crippen LogP contribution in [0.4, 0.5) is 0 Å². The second-order valence-electron chi connectivity index (χ2n) is 19.3. The maximum absolute atomic E-state index is 7.57. The first-order valence-electron chi connectivity index (χ1n) is 21.1. The maximum atomic E-state index is 7.57. The van der Waals surface area contributed by atoms with Crippen LogP contribution in [0.25, 0.3) is 0 Å². The molecule has 0 aromatic heterocycles. The molecule has 0 unspecified atom stereocenters. The zero-order valence-electron chi connectivity index (χ0n) is 31.8. The molecule has 11 atom stereocenters. The summed E-state index contributed by atoms with van der Waals surface area (Å²) < 4.78 is 14.5. The Morgan fingerprint density at radius 1 is 0.714 bits per heavy atom. The third kappa shape index (κ3) is 5.71. The topological polar surface area (TPSA) is 18.5 Å². The minimum absolute atomic E-state index is 0.00706. The Morgan fingerprint density at radius 2 is 1.41 bits per heavy atom. The van der Waals surface area contributed by atoms with Crippen molar-refractivity contribution in [3.63, 3.8) is 0 Å². The van der Waals surface area contributed by atoms with Crippen LogP contribution in [0.5, 0.6) is 0 Å². The van der Waals surface area contributed by atoms with E-state index in [1.54, 1.807) is 0 Å². The van der Waals surface area contributed by atoms with Crippen molar-refractivity contribution in [2.45, 2.75) is 155 Å². The van der Waals surface area contributed by atoms with Gasteiger partial charge in [-0.1, -0.05) is 115 Å².